The Kier molecular flexibility index (Phi) is 5.37. The van der Waals surface area contributed by atoms with E-state index in [4.69, 9.17) is 0 Å². The molecule has 134 valence electrons. The highest BCUT2D eigenvalue weighted by Crippen LogP contribution is 2.20. The molecule has 0 amide bonds. The lowest BCUT2D eigenvalue weighted by Gasteiger charge is -2.21. The molecule has 0 aromatic carbocycles. The Morgan fingerprint density at radius 3 is 2.96 bits per heavy atom. The molecule has 7 heteroatoms. The van der Waals surface area contributed by atoms with Crippen LogP contribution in [0.5, 0.6) is 0 Å². The molecule has 1 aliphatic heterocycles. The number of aromatic nitrogens is 3. The van der Waals surface area contributed by atoms with Gasteiger partial charge in [0.05, 0.1) is 5.69 Å². The van der Waals surface area contributed by atoms with E-state index in [0.29, 0.717) is 12.5 Å². The van der Waals surface area contributed by atoms with Crippen LogP contribution in [0, 0.1) is 0 Å². The van der Waals surface area contributed by atoms with Crippen molar-refractivity contribution in [2.24, 2.45) is 0 Å². The molecule has 2 N–H and O–H groups in total. The summed E-state index contributed by atoms with van der Waals surface area (Å²) in [5.74, 6) is 1.64. The first-order valence-corrected chi connectivity index (χ1v) is 9.83. The number of hydrogen-bond donors (Lipinski definition) is 2. The molecule has 0 saturated carbocycles. The molecule has 4 rings (SSSR count). The van der Waals surface area contributed by atoms with E-state index in [1.165, 1.54) is 0 Å². The van der Waals surface area contributed by atoms with Gasteiger partial charge >= 0.3 is 0 Å². The number of nitrogens with one attached hydrogen (secondary N) is 2. The molecule has 0 radical (unpaired) electrons. The van der Waals surface area contributed by atoms with Crippen molar-refractivity contribution in [3.8, 4) is 11.3 Å². The van der Waals surface area contributed by atoms with Gasteiger partial charge in [0.1, 0.15) is 5.82 Å². The standard InChI is InChI=1S/C19H22N6S/c1-6-20-8-10-25(9-1)18-4-7-21-19(24-18)23-13-15-2-3-17(22-12-15)16-5-11-26-14-16/h2-5,7,11-12,14,20H,1,6,8-10,13H2,(H,21,23,24). The second kappa shape index (κ2) is 8.25. The van der Waals surface area contributed by atoms with Crippen molar-refractivity contribution >= 4 is 23.1 Å². The highest BCUT2D eigenvalue weighted by Gasteiger charge is 2.11. The van der Waals surface area contributed by atoms with Crippen molar-refractivity contribution in [2.45, 2.75) is 13.0 Å². The van der Waals surface area contributed by atoms with E-state index in [2.05, 4.69) is 59.4 Å². The van der Waals surface area contributed by atoms with E-state index in [1.54, 1.807) is 11.3 Å². The van der Waals surface area contributed by atoms with Crippen LogP contribution in [0.1, 0.15) is 12.0 Å². The lowest BCUT2D eigenvalue weighted by atomic mass is 10.2. The minimum absolute atomic E-state index is 0.654. The van der Waals surface area contributed by atoms with Crippen molar-refractivity contribution in [3.05, 3.63) is 53.0 Å². The lowest BCUT2D eigenvalue weighted by molar-refractivity contribution is 0.724. The highest BCUT2D eigenvalue weighted by molar-refractivity contribution is 7.08. The summed E-state index contributed by atoms with van der Waals surface area (Å²) in [6.07, 6.45) is 4.86. The van der Waals surface area contributed by atoms with Crippen LogP contribution < -0.4 is 15.5 Å². The highest BCUT2D eigenvalue weighted by atomic mass is 32.1. The number of thiophene rings is 1. The molecule has 1 saturated heterocycles. The third-order valence-corrected chi connectivity index (χ3v) is 5.08. The molecular weight excluding hydrogens is 344 g/mol. The zero-order valence-corrected chi connectivity index (χ0v) is 15.4. The quantitative estimate of drug-likeness (QED) is 0.724. The van der Waals surface area contributed by atoms with Crippen molar-refractivity contribution in [3.63, 3.8) is 0 Å². The molecule has 4 heterocycles. The monoisotopic (exact) mass is 366 g/mol. The molecule has 0 spiro atoms. The number of pyridine rings is 1. The lowest BCUT2D eigenvalue weighted by Crippen LogP contribution is -2.28. The smallest absolute Gasteiger partial charge is 0.224 e. The van der Waals surface area contributed by atoms with Gasteiger partial charge in [-0.15, -0.1) is 0 Å². The second-order valence-corrected chi connectivity index (χ2v) is 7.03. The summed E-state index contributed by atoms with van der Waals surface area (Å²) < 4.78 is 0. The van der Waals surface area contributed by atoms with Crippen LogP contribution in [0.4, 0.5) is 11.8 Å². The SMILES string of the molecule is c1cc(N2CCCNCC2)nc(NCc2ccc(-c3ccsc3)nc2)n1. The fourth-order valence-corrected chi connectivity index (χ4v) is 3.63. The zero-order chi connectivity index (χ0) is 17.6. The van der Waals surface area contributed by atoms with Gasteiger partial charge in [-0.3, -0.25) is 4.98 Å². The van der Waals surface area contributed by atoms with Gasteiger partial charge in [0.2, 0.25) is 5.95 Å². The zero-order valence-electron chi connectivity index (χ0n) is 14.6. The van der Waals surface area contributed by atoms with Gasteiger partial charge in [0, 0.05) is 49.5 Å². The van der Waals surface area contributed by atoms with Gasteiger partial charge in [-0.1, -0.05) is 6.07 Å². The predicted octanol–water partition coefficient (Wildman–Crippen LogP) is 3.01. The Balaban J connectivity index is 1.39. The van der Waals surface area contributed by atoms with E-state index >= 15 is 0 Å². The minimum Gasteiger partial charge on any atom is -0.355 e. The summed E-state index contributed by atoms with van der Waals surface area (Å²) in [5.41, 5.74) is 3.28. The maximum atomic E-state index is 4.67. The van der Waals surface area contributed by atoms with Crippen LogP contribution in [-0.4, -0.2) is 41.1 Å². The first kappa shape index (κ1) is 16.9. The fourth-order valence-electron chi connectivity index (χ4n) is 2.98. The number of hydrogen-bond acceptors (Lipinski definition) is 7. The minimum atomic E-state index is 0.654. The Morgan fingerprint density at radius 2 is 2.12 bits per heavy atom. The third kappa shape index (κ3) is 4.17. The number of rotatable bonds is 5. The van der Waals surface area contributed by atoms with Gasteiger partial charge in [0.25, 0.3) is 0 Å². The van der Waals surface area contributed by atoms with Gasteiger partial charge in [-0.05, 0) is 42.1 Å². The average molecular weight is 366 g/mol. The Labute approximate surface area is 157 Å². The Hall–Kier alpha value is -2.51. The molecule has 6 nitrogen and oxygen atoms in total. The van der Waals surface area contributed by atoms with Crippen LogP contribution in [0.25, 0.3) is 11.3 Å². The van der Waals surface area contributed by atoms with Crippen molar-refractivity contribution in [1.82, 2.24) is 20.3 Å². The summed E-state index contributed by atoms with van der Waals surface area (Å²) in [4.78, 5) is 15.9. The summed E-state index contributed by atoms with van der Waals surface area (Å²) >= 11 is 1.68. The molecule has 1 fully saturated rings. The molecule has 3 aromatic rings. The van der Waals surface area contributed by atoms with Crippen LogP contribution in [-0.2, 0) is 6.54 Å². The predicted molar refractivity (Wildman–Crippen MR) is 107 cm³/mol. The van der Waals surface area contributed by atoms with Crippen molar-refractivity contribution in [2.75, 3.05) is 36.4 Å². The number of anilines is 2. The Bertz CT molecular complexity index is 810. The van der Waals surface area contributed by atoms with Gasteiger partial charge in [0.15, 0.2) is 0 Å². The Morgan fingerprint density at radius 1 is 1.12 bits per heavy atom. The molecular formula is C19H22N6S. The summed E-state index contributed by atoms with van der Waals surface area (Å²) in [5, 5.41) is 10.9. The molecule has 0 unspecified atom stereocenters. The molecule has 3 aromatic heterocycles. The van der Waals surface area contributed by atoms with E-state index < -0.39 is 0 Å². The van der Waals surface area contributed by atoms with Crippen molar-refractivity contribution < 1.29 is 0 Å². The number of nitrogens with zero attached hydrogens (tertiary/aromatic N) is 4. The molecule has 0 aliphatic carbocycles. The molecule has 0 bridgehead atoms. The van der Waals surface area contributed by atoms with Crippen molar-refractivity contribution in [1.29, 1.82) is 0 Å². The molecule has 26 heavy (non-hydrogen) atoms. The maximum absolute atomic E-state index is 4.67. The maximum Gasteiger partial charge on any atom is 0.224 e. The van der Waals surface area contributed by atoms with E-state index in [1.807, 2.05) is 18.5 Å². The van der Waals surface area contributed by atoms with Crippen LogP contribution in [0.15, 0.2) is 47.4 Å². The molecule has 1 aliphatic rings. The normalized spacial score (nSPS) is 14.8. The first-order chi connectivity index (χ1) is 12.9. The third-order valence-electron chi connectivity index (χ3n) is 4.40. The second-order valence-electron chi connectivity index (χ2n) is 6.25. The summed E-state index contributed by atoms with van der Waals surface area (Å²) in [7, 11) is 0. The largest absolute Gasteiger partial charge is 0.355 e. The fraction of sp³-hybridized carbons (Fsp3) is 0.316. The van der Waals surface area contributed by atoms with Crippen LogP contribution in [0.2, 0.25) is 0 Å². The summed E-state index contributed by atoms with van der Waals surface area (Å²) in [6.45, 7) is 4.72. The van der Waals surface area contributed by atoms with Crippen LogP contribution >= 0.6 is 11.3 Å². The van der Waals surface area contributed by atoms with E-state index in [-0.39, 0.29) is 0 Å². The average Bonchev–Trinajstić information content (AvgIpc) is 3.09. The first-order valence-electron chi connectivity index (χ1n) is 8.88. The van der Waals surface area contributed by atoms with Gasteiger partial charge < -0.3 is 15.5 Å². The summed E-state index contributed by atoms with van der Waals surface area (Å²) in [6, 6.07) is 8.22. The topological polar surface area (TPSA) is 66.0 Å². The van der Waals surface area contributed by atoms with E-state index in [9.17, 15) is 0 Å². The van der Waals surface area contributed by atoms with Gasteiger partial charge in [-0.2, -0.15) is 16.3 Å². The van der Waals surface area contributed by atoms with Gasteiger partial charge in [-0.25, -0.2) is 4.98 Å². The van der Waals surface area contributed by atoms with E-state index in [0.717, 1.165) is 55.2 Å². The molecule has 0 atom stereocenters. The van der Waals surface area contributed by atoms with Crippen LogP contribution in [0.3, 0.4) is 0 Å².